The second-order valence-corrected chi connectivity index (χ2v) is 9.96. The first kappa shape index (κ1) is 23.6. The Kier molecular flexibility index (Phi) is 5.58. The van der Waals surface area contributed by atoms with Gasteiger partial charge in [-0.05, 0) is 60.7 Å². The van der Waals surface area contributed by atoms with Crippen LogP contribution in [0.2, 0.25) is 0 Å². The average molecular weight is 498 g/mol. The maximum Gasteiger partial charge on any atom is 0.216 e. The van der Waals surface area contributed by atoms with Crippen molar-refractivity contribution in [3.8, 4) is 39.6 Å². The first-order chi connectivity index (χ1) is 18.4. The third-order valence-electron chi connectivity index (χ3n) is 7.37. The topological polar surface area (TPSA) is 40.8 Å². The Balaban J connectivity index is 1.59. The second-order valence-electron chi connectivity index (χ2n) is 9.96. The number of nitrogens with zero attached hydrogens (tertiary/aromatic N) is 2. The number of aromatic nitrogens is 1. The van der Waals surface area contributed by atoms with Gasteiger partial charge in [0.25, 0.3) is 0 Å². The van der Waals surface area contributed by atoms with E-state index in [0.29, 0.717) is 16.7 Å². The van der Waals surface area contributed by atoms with E-state index in [0.717, 1.165) is 55.4 Å². The molecule has 0 spiro atoms. The molecule has 0 amide bonds. The molecule has 3 nitrogen and oxygen atoms in total. The van der Waals surface area contributed by atoms with Crippen LogP contribution in [0, 0.1) is 37.9 Å². The number of pyridine rings is 1. The summed E-state index contributed by atoms with van der Waals surface area (Å²) in [5.41, 5.74) is 10.5. The van der Waals surface area contributed by atoms with Gasteiger partial charge in [-0.15, -0.1) is 0 Å². The number of hydrogen-bond acceptors (Lipinski definition) is 2. The normalized spacial score (nSPS) is 11.3. The smallest absolute Gasteiger partial charge is 0.216 e. The van der Waals surface area contributed by atoms with Gasteiger partial charge in [0.15, 0.2) is 5.82 Å². The van der Waals surface area contributed by atoms with E-state index in [4.69, 9.17) is 4.42 Å². The molecule has 2 aromatic heterocycles. The third kappa shape index (κ3) is 3.76. The Labute approximate surface area is 221 Å². The molecule has 0 unspecified atom stereocenters. The molecule has 2 heterocycles. The van der Waals surface area contributed by atoms with Crippen LogP contribution in [0.5, 0.6) is 0 Å². The van der Waals surface area contributed by atoms with E-state index < -0.39 is 0 Å². The van der Waals surface area contributed by atoms with Crippen molar-refractivity contribution in [1.82, 2.24) is 0 Å². The van der Waals surface area contributed by atoms with Crippen LogP contribution in [0.25, 0.3) is 55.4 Å². The number of nitriles is 1. The molecule has 184 valence electrons. The Morgan fingerprint density at radius 3 is 1.95 bits per heavy atom. The summed E-state index contributed by atoms with van der Waals surface area (Å²) in [6.45, 7) is 5.88. The largest absolute Gasteiger partial charge is 0.454 e. The predicted octanol–water partition coefficient (Wildman–Crippen LogP) is 8.35. The van der Waals surface area contributed by atoms with E-state index in [1.807, 2.05) is 44.3 Å². The summed E-state index contributed by atoms with van der Waals surface area (Å²) in [6, 6.07) is 28.9. The summed E-state index contributed by atoms with van der Waals surface area (Å²) in [4.78, 5) is 0. The molecule has 0 N–H and O–H groups in total. The van der Waals surface area contributed by atoms with Crippen LogP contribution in [0.3, 0.4) is 0 Å². The average Bonchev–Trinajstić information content (AvgIpc) is 3.29. The molecule has 6 rings (SSSR count). The van der Waals surface area contributed by atoms with Crippen molar-refractivity contribution in [2.24, 2.45) is 7.05 Å². The van der Waals surface area contributed by atoms with Gasteiger partial charge in [0.1, 0.15) is 18.2 Å². The second kappa shape index (κ2) is 8.97. The zero-order valence-electron chi connectivity index (χ0n) is 21.8. The van der Waals surface area contributed by atoms with Crippen molar-refractivity contribution in [2.45, 2.75) is 20.8 Å². The summed E-state index contributed by atoms with van der Waals surface area (Å²) in [7, 11) is 1.84. The fourth-order valence-corrected chi connectivity index (χ4v) is 5.24. The first-order valence-electron chi connectivity index (χ1n) is 12.6. The third-order valence-corrected chi connectivity index (χ3v) is 7.37. The summed E-state index contributed by atoms with van der Waals surface area (Å²) in [6.07, 6.45) is 1.50. The Morgan fingerprint density at radius 2 is 1.29 bits per heavy atom. The highest BCUT2D eigenvalue weighted by Gasteiger charge is 2.24. The molecule has 4 aromatic carbocycles. The Morgan fingerprint density at radius 1 is 0.711 bits per heavy atom. The highest BCUT2D eigenvalue weighted by Crippen LogP contribution is 2.42. The van der Waals surface area contributed by atoms with Gasteiger partial charge in [0.2, 0.25) is 11.9 Å². The van der Waals surface area contributed by atoms with Crippen LogP contribution in [-0.4, -0.2) is 0 Å². The Hall–Kier alpha value is -4.75. The summed E-state index contributed by atoms with van der Waals surface area (Å²) < 4.78 is 22.7. The van der Waals surface area contributed by atoms with Crippen LogP contribution in [0.4, 0.5) is 4.39 Å². The molecule has 0 saturated carbocycles. The first-order valence-corrected chi connectivity index (χ1v) is 12.6. The standard InChI is InChI=1S/C34H26FN2O/c1-20-5-8-23(9-6-20)24-10-12-25(13-11-24)32-26(18-36)14-16-28-27-15-7-21(2)31(33(27)38-34(28)32)30-17-22(3)29(35)19-37(30)4/h5-17,19H,1-4H3/q+1. The van der Waals surface area contributed by atoms with E-state index in [1.54, 1.807) is 11.5 Å². The van der Waals surface area contributed by atoms with Crippen molar-refractivity contribution in [3.63, 3.8) is 0 Å². The van der Waals surface area contributed by atoms with E-state index >= 15 is 0 Å². The molecule has 0 radical (unpaired) electrons. The molecule has 0 bridgehead atoms. The van der Waals surface area contributed by atoms with Crippen LogP contribution in [0.1, 0.15) is 22.3 Å². The molecule has 0 aliphatic rings. The van der Waals surface area contributed by atoms with Crippen molar-refractivity contribution in [2.75, 3.05) is 0 Å². The minimum Gasteiger partial charge on any atom is -0.454 e. The summed E-state index contributed by atoms with van der Waals surface area (Å²) in [5.74, 6) is -0.249. The van der Waals surface area contributed by atoms with Gasteiger partial charge in [-0.3, -0.25) is 0 Å². The number of rotatable bonds is 3. The molecule has 0 aliphatic carbocycles. The van der Waals surface area contributed by atoms with Crippen molar-refractivity contribution in [1.29, 1.82) is 5.26 Å². The maximum atomic E-state index is 14.3. The monoisotopic (exact) mass is 497 g/mol. The van der Waals surface area contributed by atoms with E-state index in [-0.39, 0.29) is 5.82 Å². The fraction of sp³-hybridized carbons (Fsp3) is 0.118. The minimum absolute atomic E-state index is 0.249. The van der Waals surface area contributed by atoms with Gasteiger partial charge in [0, 0.05) is 22.4 Å². The zero-order valence-corrected chi connectivity index (χ0v) is 21.8. The van der Waals surface area contributed by atoms with Gasteiger partial charge in [-0.2, -0.15) is 9.83 Å². The number of halogens is 1. The maximum absolute atomic E-state index is 14.3. The fourth-order valence-electron chi connectivity index (χ4n) is 5.24. The van der Waals surface area contributed by atoms with Crippen molar-refractivity contribution < 1.29 is 13.4 Å². The van der Waals surface area contributed by atoms with Crippen molar-refractivity contribution in [3.05, 3.63) is 113 Å². The lowest BCUT2D eigenvalue weighted by Gasteiger charge is -2.08. The number of benzene rings is 4. The molecular formula is C34H26FN2O+. The van der Waals surface area contributed by atoms with Gasteiger partial charge in [-0.25, -0.2) is 4.39 Å². The highest BCUT2D eigenvalue weighted by molar-refractivity contribution is 6.14. The molecule has 6 aromatic rings. The lowest BCUT2D eigenvalue weighted by Crippen LogP contribution is -2.31. The summed E-state index contributed by atoms with van der Waals surface area (Å²) >= 11 is 0. The molecule has 0 aliphatic heterocycles. The van der Waals surface area contributed by atoms with Crippen LogP contribution < -0.4 is 4.57 Å². The Bertz CT molecular complexity index is 1910. The number of furan rings is 1. The van der Waals surface area contributed by atoms with Crippen LogP contribution in [0.15, 0.2) is 89.5 Å². The minimum atomic E-state index is -0.249. The number of hydrogen-bond donors (Lipinski definition) is 0. The van der Waals surface area contributed by atoms with E-state index in [9.17, 15) is 9.65 Å². The molecule has 0 saturated heterocycles. The van der Waals surface area contributed by atoms with E-state index in [1.165, 1.54) is 11.8 Å². The van der Waals surface area contributed by atoms with Crippen LogP contribution in [-0.2, 0) is 7.05 Å². The lowest BCUT2D eigenvalue weighted by atomic mass is 9.94. The number of fused-ring (bicyclic) bond motifs is 3. The summed E-state index contributed by atoms with van der Waals surface area (Å²) in [5, 5.41) is 11.9. The lowest BCUT2D eigenvalue weighted by molar-refractivity contribution is -0.662. The van der Waals surface area contributed by atoms with Gasteiger partial charge in [-0.1, -0.05) is 66.2 Å². The molecule has 0 atom stereocenters. The van der Waals surface area contributed by atoms with Gasteiger partial charge < -0.3 is 4.42 Å². The SMILES string of the molecule is Cc1ccc(-c2ccc(-c3c(C#N)ccc4c3oc3c(-c5cc(C)c(F)c[n+]5C)c(C)ccc34)cc2)cc1. The van der Waals surface area contributed by atoms with Crippen LogP contribution >= 0.6 is 0 Å². The molecule has 0 fully saturated rings. The highest BCUT2D eigenvalue weighted by atomic mass is 19.1. The molecule has 38 heavy (non-hydrogen) atoms. The quantitative estimate of drug-likeness (QED) is 0.231. The predicted molar refractivity (Wildman–Crippen MR) is 150 cm³/mol. The zero-order chi connectivity index (χ0) is 26.6. The van der Waals surface area contributed by atoms with Crippen molar-refractivity contribution >= 4 is 21.9 Å². The van der Waals surface area contributed by atoms with E-state index in [2.05, 4.69) is 61.5 Å². The molecular weight excluding hydrogens is 471 g/mol. The van der Waals surface area contributed by atoms with Gasteiger partial charge in [0.05, 0.1) is 17.2 Å². The van der Waals surface area contributed by atoms with Gasteiger partial charge >= 0.3 is 0 Å². The number of aryl methyl sites for hydroxylation is 4. The molecule has 4 heteroatoms.